The van der Waals surface area contributed by atoms with E-state index in [9.17, 15) is 9.59 Å². The lowest BCUT2D eigenvalue weighted by Gasteiger charge is -2.31. The van der Waals surface area contributed by atoms with Crippen LogP contribution in [0.3, 0.4) is 0 Å². The lowest BCUT2D eigenvalue weighted by Crippen LogP contribution is -2.46. The number of carboxylic acid groups (broad SMARTS) is 1. The second-order valence-electron chi connectivity index (χ2n) is 4.44. The van der Waals surface area contributed by atoms with Crippen LogP contribution < -0.4 is 0 Å². The maximum atomic E-state index is 10.9. The molecule has 0 spiro atoms. The standard InChI is InChI=1S/C11H19NO4/c1-5-11(15)16-9(2)8-12(3,4)7-6-10(13)14/h5,9H,1,6-8H2,2-4H3/p+1. The largest absolute Gasteiger partial charge is 0.481 e. The molecule has 0 saturated carbocycles. The van der Waals surface area contributed by atoms with Crippen molar-refractivity contribution in [2.75, 3.05) is 27.2 Å². The molecule has 5 heteroatoms. The van der Waals surface area contributed by atoms with E-state index in [1.54, 1.807) is 6.92 Å². The molecule has 0 rings (SSSR count). The van der Waals surface area contributed by atoms with Crippen molar-refractivity contribution in [1.29, 1.82) is 0 Å². The van der Waals surface area contributed by atoms with Crippen LogP contribution in [-0.2, 0) is 14.3 Å². The average molecular weight is 230 g/mol. The summed E-state index contributed by atoms with van der Waals surface area (Å²) in [5.41, 5.74) is 0. The molecule has 1 N–H and O–H groups in total. The van der Waals surface area contributed by atoms with Crippen LogP contribution in [0.1, 0.15) is 13.3 Å². The highest BCUT2D eigenvalue weighted by Crippen LogP contribution is 2.04. The van der Waals surface area contributed by atoms with E-state index in [1.165, 1.54) is 0 Å². The maximum Gasteiger partial charge on any atom is 0.330 e. The number of hydrogen-bond acceptors (Lipinski definition) is 3. The van der Waals surface area contributed by atoms with Crippen LogP contribution >= 0.6 is 0 Å². The number of likely N-dealkylation sites (N-methyl/N-ethyl adjacent to an activating group) is 1. The molecule has 0 heterocycles. The predicted octanol–water partition coefficient (Wildman–Crippen LogP) is 0.655. The van der Waals surface area contributed by atoms with Crippen LogP contribution in [0.4, 0.5) is 0 Å². The zero-order valence-corrected chi connectivity index (χ0v) is 10.1. The quantitative estimate of drug-likeness (QED) is 0.396. The van der Waals surface area contributed by atoms with Gasteiger partial charge in [0, 0.05) is 6.08 Å². The van der Waals surface area contributed by atoms with E-state index in [-0.39, 0.29) is 12.5 Å². The van der Waals surface area contributed by atoms with E-state index in [4.69, 9.17) is 9.84 Å². The molecule has 16 heavy (non-hydrogen) atoms. The molecule has 1 unspecified atom stereocenters. The summed E-state index contributed by atoms with van der Waals surface area (Å²) in [5.74, 6) is -1.27. The zero-order chi connectivity index (χ0) is 12.8. The van der Waals surface area contributed by atoms with Gasteiger partial charge in [-0.25, -0.2) is 4.79 Å². The Balaban J connectivity index is 4.08. The number of esters is 1. The first-order valence-electron chi connectivity index (χ1n) is 5.13. The Labute approximate surface area is 95.9 Å². The Bertz CT molecular complexity index is 273. The van der Waals surface area contributed by atoms with Crippen molar-refractivity contribution in [3.63, 3.8) is 0 Å². The molecule has 0 bridgehead atoms. The van der Waals surface area contributed by atoms with Gasteiger partial charge in [-0.3, -0.25) is 4.79 Å². The van der Waals surface area contributed by atoms with Gasteiger partial charge in [-0.2, -0.15) is 0 Å². The average Bonchev–Trinajstić information content (AvgIpc) is 2.13. The van der Waals surface area contributed by atoms with Gasteiger partial charge in [0.15, 0.2) is 0 Å². The molecular formula is C11H20NO4+. The second-order valence-corrected chi connectivity index (χ2v) is 4.44. The summed E-state index contributed by atoms with van der Waals surface area (Å²) >= 11 is 0. The third-order valence-electron chi connectivity index (χ3n) is 2.17. The molecule has 0 aliphatic heterocycles. The van der Waals surface area contributed by atoms with E-state index in [0.717, 1.165) is 6.08 Å². The topological polar surface area (TPSA) is 63.6 Å². The van der Waals surface area contributed by atoms with Gasteiger partial charge in [-0.15, -0.1) is 0 Å². The minimum atomic E-state index is -0.818. The highest BCUT2D eigenvalue weighted by molar-refractivity contribution is 5.81. The molecule has 0 radical (unpaired) electrons. The monoisotopic (exact) mass is 230 g/mol. The summed E-state index contributed by atoms with van der Waals surface area (Å²) < 4.78 is 5.52. The van der Waals surface area contributed by atoms with Gasteiger partial charge in [-0.05, 0) is 6.92 Å². The number of carbonyl (C=O) groups excluding carboxylic acids is 1. The zero-order valence-electron chi connectivity index (χ0n) is 10.1. The van der Waals surface area contributed by atoms with Gasteiger partial charge in [0.1, 0.15) is 12.6 Å². The number of carbonyl (C=O) groups is 2. The molecule has 0 aliphatic carbocycles. The third-order valence-corrected chi connectivity index (χ3v) is 2.17. The Morgan fingerprint density at radius 2 is 2.06 bits per heavy atom. The number of hydrogen-bond donors (Lipinski definition) is 1. The normalized spacial score (nSPS) is 12.9. The van der Waals surface area contributed by atoms with Crippen LogP contribution in [0, 0.1) is 0 Å². The predicted molar refractivity (Wildman–Crippen MR) is 59.8 cm³/mol. The van der Waals surface area contributed by atoms with E-state index in [1.807, 2.05) is 14.1 Å². The van der Waals surface area contributed by atoms with Gasteiger partial charge in [-0.1, -0.05) is 6.58 Å². The number of rotatable bonds is 7. The highest BCUT2D eigenvalue weighted by atomic mass is 16.5. The van der Waals surface area contributed by atoms with Crippen LogP contribution in [0.2, 0.25) is 0 Å². The molecule has 0 aromatic rings. The van der Waals surface area contributed by atoms with Gasteiger partial charge in [0.25, 0.3) is 0 Å². The summed E-state index contributed by atoms with van der Waals surface area (Å²) in [4.78, 5) is 21.4. The van der Waals surface area contributed by atoms with Crippen molar-refractivity contribution in [3.05, 3.63) is 12.7 Å². The fourth-order valence-corrected chi connectivity index (χ4v) is 1.47. The van der Waals surface area contributed by atoms with Crippen molar-refractivity contribution < 1.29 is 23.9 Å². The molecule has 0 fully saturated rings. The molecule has 5 nitrogen and oxygen atoms in total. The molecule has 92 valence electrons. The number of aliphatic carboxylic acids is 1. The van der Waals surface area contributed by atoms with E-state index >= 15 is 0 Å². The van der Waals surface area contributed by atoms with Crippen LogP contribution in [-0.4, -0.2) is 54.8 Å². The number of ether oxygens (including phenoxy) is 1. The molecule has 0 saturated heterocycles. The second kappa shape index (κ2) is 6.27. The first-order chi connectivity index (χ1) is 7.26. The fraction of sp³-hybridized carbons (Fsp3) is 0.636. The smallest absolute Gasteiger partial charge is 0.330 e. The van der Waals surface area contributed by atoms with Gasteiger partial charge >= 0.3 is 11.9 Å². The van der Waals surface area contributed by atoms with Crippen molar-refractivity contribution in [2.45, 2.75) is 19.4 Å². The Hall–Kier alpha value is -1.36. The van der Waals surface area contributed by atoms with Crippen molar-refractivity contribution in [1.82, 2.24) is 0 Å². The summed E-state index contributed by atoms with van der Waals surface area (Å²) in [5, 5.41) is 8.59. The summed E-state index contributed by atoms with van der Waals surface area (Å²) in [6, 6.07) is 0. The molecular weight excluding hydrogens is 210 g/mol. The van der Waals surface area contributed by atoms with E-state index in [0.29, 0.717) is 17.6 Å². The summed E-state index contributed by atoms with van der Waals surface area (Å²) in [6.45, 7) is 6.17. The van der Waals surface area contributed by atoms with Crippen LogP contribution in [0.5, 0.6) is 0 Å². The minimum absolute atomic E-state index is 0.106. The van der Waals surface area contributed by atoms with Gasteiger partial charge < -0.3 is 14.3 Å². The molecule has 0 aromatic heterocycles. The lowest BCUT2D eigenvalue weighted by molar-refractivity contribution is -0.892. The van der Waals surface area contributed by atoms with Gasteiger partial charge in [0.2, 0.25) is 0 Å². The third kappa shape index (κ3) is 7.00. The maximum absolute atomic E-state index is 10.9. The Morgan fingerprint density at radius 1 is 1.50 bits per heavy atom. The number of quaternary nitrogens is 1. The van der Waals surface area contributed by atoms with Crippen LogP contribution in [0.15, 0.2) is 12.7 Å². The summed E-state index contributed by atoms with van der Waals surface area (Å²) in [6.07, 6.45) is 0.970. The highest BCUT2D eigenvalue weighted by Gasteiger charge is 2.22. The Morgan fingerprint density at radius 3 is 2.50 bits per heavy atom. The Kier molecular flexibility index (Phi) is 5.74. The minimum Gasteiger partial charge on any atom is -0.481 e. The first-order valence-corrected chi connectivity index (χ1v) is 5.13. The van der Waals surface area contributed by atoms with Gasteiger partial charge in [0.05, 0.1) is 27.1 Å². The lowest BCUT2D eigenvalue weighted by atomic mass is 10.3. The summed E-state index contributed by atoms with van der Waals surface area (Å²) in [7, 11) is 3.81. The first kappa shape index (κ1) is 14.6. The number of carboxylic acids is 1. The molecule has 0 amide bonds. The van der Waals surface area contributed by atoms with Crippen molar-refractivity contribution in [2.24, 2.45) is 0 Å². The van der Waals surface area contributed by atoms with Crippen molar-refractivity contribution >= 4 is 11.9 Å². The molecule has 0 aromatic carbocycles. The molecule has 0 aliphatic rings. The van der Waals surface area contributed by atoms with Crippen molar-refractivity contribution in [3.8, 4) is 0 Å². The van der Waals surface area contributed by atoms with E-state index < -0.39 is 11.9 Å². The SMILES string of the molecule is C=CC(=O)OC(C)C[N+](C)(C)CCC(=O)O. The van der Waals surface area contributed by atoms with Crippen LogP contribution in [0.25, 0.3) is 0 Å². The van der Waals surface area contributed by atoms with E-state index in [2.05, 4.69) is 6.58 Å². The fourth-order valence-electron chi connectivity index (χ4n) is 1.47. The number of nitrogens with zero attached hydrogens (tertiary/aromatic N) is 1. The molecule has 1 atom stereocenters.